The molecule has 1 aromatic carbocycles. The van der Waals surface area contributed by atoms with Crippen LogP contribution in [0.5, 0.6) is 0 Å². The third-order valence-corrected chi connectivity index (χ3v) is 2.79. The monoisotopic (exact) mass is 260 g/mol. The maximum absolute atomic E-state index is 11.7. The van der Waals surface area contributed by atoms with Crippen LogP contribution in [-0.2, 0) is 0 Å². The topological polar surface area (TPSA) is 79.2 Å². The van der Waals surface area contributed by atoms with E-state index in [0.717, 1.165) is 11.3 Å². The maximum atomic E-state index is 11.7. The lowest BCUT2D eigenvalue weighted by molar-refractivity contribution is 0.262. The van der Waals surface area contributed by atoms with Crippen LogP contribution in [0.3, 0.4) is 0 Å². The van der Waals surface area contributed by atoms with Crippen LogP contribution < -0.4 is 16.0 Å². The van der Waals surface area contributed by atoms with E-state index in [0.29, 0.717) is 5.69 Å². The number of benzene rings is 1. The average Bonchev–Trinajstić information content (AvgIpc) is 2.91. The molecule has 0 aliphatic rings. The fourth-order valence-electron chi connectivity index (χ4n) is 1.58. The summed E-state index contributed by atoms with van der Waals surface area (Å²) < 4.78 is 4.62. The van der Waals surface area contributed by atoms with Gasteiger partial charge in [0.2, 0.25) is 0 Å². The van der Waals surface area contributed by atoms with Gasteiger partial charge >= 0.3 is 6.03 Å². The SMILES string of the molecule is CNC(C)c1ccc(NC(=O)Nc2cnoc2)cc1. The predicted molar refractivity (Wildman–Crippen MR) is 73.1 cm³/mol. The molecular formula is C13H16N4O2. The second kappa shape index (κ2) is 6.01. The minimum Gasteiger partial charge on any atom is -0.363 e. The van der Waals surface area contributed by atoms with E-state index in [4.69, 9.17) is 0 Å². The Morgan fingerprint density at radius 2 is 1.89 bits per heavy atom. The number of anilines is 2. The third-order valence-electron chi connectivity index (χ3n) is 2.79. The minimum absolute atomic E-state index is 0.278. The van der Waals surface area contributed by atoms with Gasteiger partial charge in [0.15, 0.2) is 0 Å². The van der Waals surface area contributed by atoms with Crippen LogP contribution in [0.15, 0.2) is 41.2 Å². The van der Waals surface area contributed by atoms with E-state index >= 15 is 0 Å². The molecule has 1 aromatic heterocycles. The standard InChI is InChI=1S/C13H16N4O2/c1-9(14-2)10-3-5-11(6-4-10)16-13(18)17-12-7-15-19-8-12/h3-9,14H,1-2H3,(H2,16,17,18). The summed E-state index contributed by atoms with van der Waals surface area (Å²) in [6, 6.07) is 7.59. The van der Waals surface area contributed by atoms with Crippen molar-refractivity contribution in [3.8, 4) is 0 Å². The van der Waals surface area contributed by atoms with Gasteiger partial charge in [0, 0.05) is 11.7 Å². The van der Waals surface area contributed by atoms with Crippen LogP contribution in [0.4, 0.5) is 16.2 Å². The van der Waals surface area contributed by atoms with E-state index in [1.54, 1.807) is 0 Å². The molecule has 1 heterocycles. The Morgan fingerprint density at radius 1 is 1.21 bits per heavy atom. The first-order valence-electron chi connectivity index (χ1n) is 5.93. The largest absolute Gasteiger partial charge is 0.363 e. The van der Waals surface area contributed by atoms with Gasteiger partial charge in [0.25, 0.3) is 0 Å². The molecule has 0 saturated heterocycles. The van der Waals surface area contributed by atoms with Gasteiger partial charge in [-0.05, 0) is 31.7 Å². The lowest BCUT2D eigenvalue weighted by Crippen LogP contribution is -2.19. The Kier molecular flexibility index (Phi) is 4.15. The molecule has 2 amide bonds. The fraction of sp³-hybridized carbons (Fsp3) is 0.231. The Bertz CT molecular complexity index is 522. The quantitative estimate of drug-likeness (QED) is 0.789. The molecule has 6 heteroatoms. The lowest BCUT2D eigenvalue weighted by Gasteiger charge is -2.11. The number of amides is 2. The summed E-state index contributed by atoms with van der Waals surface area (Å²) >= 11 is 0. The molecule has 100 valence electrons. The number of carbonyl (C=O) groups is 1. The van der Waals surface area contributed by atoms with Crippen LogP contribution >= 0.6 is 0 Å². The number of nitrogens with zero attached hydrogens (tertiary/aromatic N) is 1. The van der Waals surface area contributed by atoms with Gasteiger partial charge in [-0.2, -0.15) is 0 Å². The first-order chi connectivity index (χ1) is 9.19. The summed E-state index contributed by atoms with van der Waals surface area (Å²) in [5, 5.41) is 12.0. The number of urea groups is 1. The second-order valence-corrected chi connectivity index (χ2v) is 4.12. The van der Waals surface area contributed by atoms with Gasteiger partial charge in [-0.15, -0.1) is 0 Å². The van der Waals surface area contributed by atoms with Gasteiger partial charge in [0.1, 0.15) is 12.0 Å². The number of nitrogens with one attached hydrogen (secondary N) is 3. The Balaban J connectivity index is 1.94. The maximum Gasteiger partial charge on any atom is 0.323 e. The molecule has 0 bridgehead atoms. The summed E-state index contributed by atoms with van der Waals surface area (Å²) in [4.78, 5) is 11.7. The zero-order chi connectivity index (χ0) is 13.7. The van der Waals surface area contributed by atoms with Crippen molar-refractivity contribution < 1.29 is 9.32 Å². The summed E-state index contributed by atoms with van der Waals surface area (Å²) in [6.07, 6.45) is 2.79. The molecule has 3 N–H and O–H groups in total. The predicted octanol–water partition coefficient (Wildman–Crippen LogP) is 2.60. The van der Waals surface area contributed by atoms with Crippen molar-refractivity contribution >= 4 is 17.4 Å². The Labute approximate surface area is 111 Å². The van der Waals surface area contributed by atoms with Gasteiger partial charge < -0.3 is 20.5 Å². The second-order valence-electron chi connectivity index (χ2n) is 4.12. The van der Waals surface area contributed by atoms with E-state index < -0.39 is 0 Å². The van der Waals surface area contributed by atoms with Crippen molar-refractivity contribution in [2.75, 3.05) is 17.7 Å². The van der Waals surface area contributed by atoms with Crippen molar-refractivity contribution in [2.45, 2.75) is 13.0 Å². The molecular weight excluding hydrogens is 244 g/mol. The van der Waals surface area contributed by atoms with E-state index in [9.17, 15) is 4.79 Å². The molecule has 0 saturated carbocycles. The zero-order valence-corrected chi connectivity index (χ0v) is 10.8. The fourth-order valence-corrected chi connectivity index (χ4v) is 1.58. The number of rotatable bonds is 4. The Morgan fingerprint density at radius 3 is 2.47 bits per heavy atom. The summed E-state index contributed by atoms with van der Waals surface area (Å²) in [7, 11) is 1.91. The normalized spacial score (nSPS) is 11.9. The first-order valence-corrected chi connectivity index (χ1v) is 5.93. The van der Waals surface area contributed by atoms with Crippen molar-refractivity contribution in [3.63, 3.8) is 0 Å². The molecule has 2 aromatic rings. The Hall–Kier alpha value is -2.34. The molecule has 1 unspecified atom stereocenters. The highest BCUT2D eigenvalue weighted by atomic mass is 16.5. The van der Waals surface area contributed by atoms with Crippen LogP contribution in [0, 0.1) is 0 Å². The minimum atomic E-state index is -0.336. The number of hydrogen-bond acceptors (Lipinski definition) is 4. The van der Waals surface area contributed by atoms with E-state index in [1.165, 1.54) is 12.5 Å². The molecule has 0 fully saturated rings. The number of carbonyl (C=O) groups excluding carboxylic acids is 1. The summed E-state index contributed by atoms with van der Waals surface area (Å²) in [5.74, 6) is 0. The molecule has 1 atom stereocenters. The molecule has 0 radical (unpaired) electrons. The van der Waals surface area contributed by atoms with Crippen LogP contribution in [-0.4, -0.2) is 18.2 Å². The molecule has 6 nitrogen and oxygen atoms in total. The van der Waals surface area contributed by atoms with Crippen LogP contribution in [0.1, 0.15) is 18.5 Å². The molecule has 19 heavy (non-hydrogen) atoms. The smallest absolute Gasteiger partial charge is 0.323 e. The van der Waals surface area contributed by atoms with E-state index in [1.807, 2.05) is 31.3 Å². The number of aromatic nitrogens is 1. The van der Waals surface area contributed by atoms with Crippen molar-refractivity contribution in [3.05, 3.63) is 42.3 Å². The summed E-state index contributed by atoms with van der Waals surface area (Å²) in [6.45, 7) is 2.07. The lowest BCUT2D eigenvalue weighted by atomic mass is 10.1. The van der Waals surface area contributed by atoms with Crippen molar-refractivity contribution in [1.29, 1.82) is 0 Å². The van der Waals surface area contributed by atoms with Gasteiger partial charge in [-0.1, -0.05) is 17.3 Å². The number of hydrogen-bond donors (Lipinski definition) is 3. The van der Waals surface area contributed by atoms with E-state index in [-0.39, 0.29) is 12.1 Å². The zero-order valence-electron chi connectivity index (χ0n) is 10.8. The van der Waals surface area contributed by atoms with Crippen LogP contribution in [0.2, 0.25) is 0 Å². The molecule has 0 aliphatic carbocycles. The van der Waals surface area contributed by atoms with Gasteiger partial charge in [-0.3, -0.25) is 0 Å². The summed E-state index contributed by atoms with van der Waals surface area (Å²) in [5.41, 5.74) is 2.39. The first kappa shape index (κ1) is 13.1. The van der Waals surface area contributed by atoms with Gasteiger partial charge in [-0.25, -0.2) is 4.79 Å². The van der Waals surface area contributed by atoms with Crippen LogP contribution in [0.25, 0.3) is 0 Å². The highest BCUT2D eigenvalue weighted by Gasteiger charge is 2.05. The molecule has 0 spiro atoms. The van der Waals surface area contributed by atoms with E-state index in [2.05, 4.69) is 32.6 Å². The highest BCUT2D eigenvalue weighted by molar-refractivity contribution is 5.99. The van der Waals surface area contributed by atoms with Gasteiger partial charge in [0.05, 0.1) is 6.20 Å². The van der Waals surface area contributed by atoms with Crippen molar-refractivity contribution in [2.24, 2.45) is 0 Å². The third kappa shape index (κ3) is 3.56. The van der Waals surface area contributed by atoms with Crippen molar-refractivity contribution in [1.82, 2.24) is 10.5 Å². The average molecular weight is 260 g/mol. The molecule has 0 aliphatic heterocycles. The molecule has 2 rings (SSSR count). The highest BCUT2D eigenvalue weighted by Crippen LogP contribution is 2.15.